The predicted octanol–water partition coefficient (Wildman–Crippen LogP) is 3.18. The van der Waals surface area contributed by atoms with Crippen LogP contribution in [0.5, 0.6) is 0 Å². The number of hydrogen-bond donors (Lipinski definition) is 1. The van der Waals surface area contributed by atoms with Crippen molar-refractivity contribution in [1.82, 2.24) is 0 Å². The van der Waals surface area contributed by atoms with Crippen LogP contribution in [0.25, 0.3) is 0 Å². The van der Waals surface area contributed by atoms with Crippen LogP contribution in [0.4, 0.5) is 5.69 Å². The molecule has 19 heavy (non-hydrogen) atoms. The third-order valence-corrected chi connectivity index (χ3v) is 3.51. The maximum absolute atomic E-state index is 12.4. The van der Waals surface area contributed by atoms with Crippen LogP contribution in [0.15, 0.2) is 46.9 Å². The summed E-state index contributed by atoms with van der Waals surface area (Å²) in [5.41, 5.74) is 2.47. The molecule has 0 spiro atoms. The van der Waals surface area contributed by atoms with Crippen molar-refractivity contribution < 1.29 is 9.59 Å². The van der Waals surface area contributed by atoms with Crippen molar-refractivity contribution in [2.24, 2.45) is 0 Å². The smallest absolute Gasteiger partial charge is 0.233 e. The number of benzene rings is 2. The number of ketones is 1. The highest BCUT2D eigenvalue weighted by Crippen LogP contribution is 2.30. The van der Waals surface area contributed by atoms with Gasteiger partial charge in [0.05, 0.1) is 12.1 Å². The lowest BCUT2D eigenvalue weighted by molar-refractivity contribution is -0.112. The molecular weight excluding hydrogens is 306 g/mol. The number of nitrogens with one attached hydrogen (secondary N) is 1. The van der Waals surface area contributed by atoms with E-state index in [1.807, 2.05) is 18.2 Å². The number of hydrogen-bond acceptors (Lipinski definition) is 2. The van der Waals surface area contributed by atoms with Crippen molar-refractivity contribution in [3.8, 4) is 0 Å². The van der Waals surface area contributed by atoms with Crippen molar-refractivity contribution in [2.45, 2.75) is 0 Å². The summed E-state index contributed by atoms with van der Waals surface area (Å²) in [6.07, 6.45) is 1.49. The molecule has 0 saturated heterocycles. The monoisotopic (exact) mass is 314 g/mol. The van der Waals surface area contributed by atoms with E-state index in [0.29, 0.717) is 16.8 Å². The van der Waals surface area contributed by atoms with Crippen LogP contribution >= 0.6 is 15.9 Å². The van der Waals surface area contributed by atoms with Crippen molar-refractivity contribution in [1.29, 1.82) is 0 Å². The highest BCUT2D eigenvalue weighted by molar-refractivity contribution is 9.10. The Hall–Kier alpha value is -1.94. The van der Waals surface area contributed by atoms with E-state index in [-0.39, 0.29) is 11.7 Å². The first-order chi connectivity index (χ1) is 9.15. The highest BCUT2D eigenvalue weighted by atomic mass is 79.9. The minimum absolute atomic E-state index is 0.0973. The van der Waals surface area contributed by atoms with Gasteiger partial charge in [0.1, 0.15) is 0 Å². The molecule has 1 amide bonds. The number of fused-ring (bicyclic) bond motifs is 1. The number of amides is 1. The van der Waals surface area contributed by atoms with Gasteiger partial charge in [0, 0.05) is 15.6 Å². The Morgan fingerprint density at radius 2 is 1.79 bits per heavy atom. The SMILES string of the molecule is O=C1[CH]c2cccc(C(=O)c3ccc(Br)cc3)c2N1. The van der Waals surface area contributed by atoms with Gasteiger partial charge in [-0.25, -0.2) is 0 Å². The van der Waals surface area contributed by atoms with Crippen LogP contribution in [0.3, 0.4) is 0 Å². The molecule has 2 aromatic carbocycles. The molecule has 1 aliphatic rings. The van der Waals surface area contributed by atoms with E-state index in [9.17, 15) is 9.59 Å². The number of anilines is 1. The molecular formula is C15H9BrNO2. The van der Waals surface area contributed by atoms with Crippen LogP contribution in [0.1, 0.15) is 21.5 Å². The fourth-order valence-electron chi connectivity index (χ4n) is 2.08. The third kappa shape index (κ3) is 2.19. The van der Waals surface area contributed by atoms with Crippen molar-refractivity contribution in [3.05, 3.63) is 70.0 Å². The van der Waals surface area contributed by atoms with Crippen molar-refractivity contribution in [3.63, 3.8) is 0 Å². The summed E-state index contributed by atoms with van der Waals surface area (Å²) in [5, 5.41) is 2.70. The van der Waals surface area contributed by atoms with Gasteiger partial charge < -0.3 is 5.32 Å². The molecule has 1 radical (unpaired) electrons. The Morgan fingerprint density at radius 3 is 2.53 bits per heavy atom. The molecule has 3 rings (SSSR count). The predicted molar refractivity (Wildman–Crippen MR) is 76.0 cm³/mol. The quantitative estimate of drug-likeness (QED) is 0.865. The topological polar surface area (TPSA) is 46.2 Å². The van der Waals surface area contributed by atoms with Crippen LogP contribution in [0, 0.1) is 6.42 Å². The molecule has 0 aliphatic carbocycles. The number of rotatable bonds is 2. The molecule has 2 aromatic rings. The lowest BCUT2D eigenvalue weighted by Gasteiger charge is -2.07. The molecule has 0 fully saturated rings. The first-order valence-corrected chi connectivity index (χ1v) is 6.53. The maximum Gasteiger partial charge on any atom is 0.233 e. The lowest BCUT2D eigenvalue weighted by atomic mass is 9.99. The molecule has 0 saturated carbocycles. The van der Waals surface area contributed by atoms with Gasteiger partial charge in [0.15, 0.2) is 5.78 Å². The second kappa shape index (κ2) is 4.63. The summed E-state index contributed by atoms with van der Waals surface area (Å²) in [6, 6.07) is 12.5. The number of para-hydroxylation sites is 1. The van der Waals surface area contributed by atoms with Crippen LogP contribution in [-0.4, -0.2) is 11.7 Å². The van der Waals surface area contributed by atoms with E-state index in [1.165, 1.54) is 6.42 Å². The van der Waals surface area contributed by atoms with Gasteiger partial charge in [0.25, 0.3) is 0 Å². The maximum atomic E-state index is 12.4. The summed E-state index contributed by atoms with van der Waals surface area (Å²) in [6.45, 7) is 0. The summed E-state index contributed by atoms with van der Waals surface area (Å²) in [7, 11) is 0. The van der Waals surface area contributed by atoms with Crippen LogP contribution < -0.4 is 5.32 Å². The largest absolute Gasteiger partial charge is 0.325 e. The van der Waals surface area contributed by atoms with Crippen molar-refractivity contribution in [2.75, 3.05) is 5.32 Å². The van der Waals surface area contributed by atoms with Gasteiger partial charge in [-0.2, -0.15) is 0 Å². The Balaban J connectivity index is 2.04. The second-order valence-corrected chi connectivity index (χ2v) is 5.16. The molecule has 1 aliphatic heterocycles. The minimum Gasteiger partial charge on any atom is -0.325 e. The number of carbonyl (C=O) groups excluding carboxylic acids is 2. The average Bonchev–Trinajstić information content (AvgIpc) is 2.78. The zero-order chi connectivity index (χ0) is 13.4. The summed E-state index contributed by atoms with van der Waals surface area (Å²) < 4.78 is 0.920. The summed E-state index contributed by atoms with van der Waals surface area (Å²) in [5.74, 6) is -0.286. The molecule has 3 nitrogen and oxygen atoms in total. The molecule has 0 unspecified atom stereocenters. The average molecular weight is 315 g/mol. The fraction of sp³-hybridized carbons (Fsp3) is 0. The van der Waals surface area contributed by atoms with Crippen LogP contribution in [-0.2, 0) is 4.79 Å². The van der Waals surface area contributed by atoms with Gasteiger partial charge in [-0.15, -0.1) is 0 Å². The first kappa shape index (κ1) is 12.1. The fourth-order valence-corrected chi connectivity index (χ4v) is 2.34. The summed E-state index contributed by atoms with van der Waals surface area (Å²) in [4.78, 5) is 23.8. The molecule has 4 heteroatoms. The van der Waals surface area contributed by atoms with E-state index >= 15 is 0 Å². The van der Waals surface area contributed by atoms with E-state index in [2.05, 4.69) is 21.2 Å². The standard InChI is InChI=1S/C15H9BrNO2/c16-11-6-4-9(5-7-11)15(19)12-3-1-2-10-8-13(18)17-14(10)12/h1-8H,(H,17,18). The Kier molecular flexibility index (Phi) is 2.95. The molecule has 1 heterocycles. The molecule has 0 aromatic heterocycles. The second-order valence-electron chi connectivity index (χ2n) is 4.24. The number of carbonyl (C=O) groups is 2. The first-order valence-electron chi connectivity index (χ1n) is 5.74. The molecule has 0 bridgehead atoms. The van der Waals surface area contributed by atoms with E-state index in [0.717, 1.165) is 10.0 Å². The Labute approximate surface area is 118 Å². The molecule has 0 atom stereocenters. The van der Waals surface area contributed by atoms with Gasteiger partial charge in [0.2, 0.25) is 5.91 Å². The highest BCUT2D eigenvalue weighted by Gasteiger charge is 2.24. The summed E-state index contributed by atoms with van der Waals surface area (Å²) >= 11 is 3.34. The third-order valence-electron chi connectivity index (χ3n) is 2.98. The van der Waals surface area contributed by atoms with Gasteiger partial charge >= 0.3 is 0 Å². The number of halogens is 1. The molecule has 1 N–H and O–H groups in total. The van der Waals surface area contributed by atoms with Crippen molar-refractivity contribution >= 4 is 33.3 Å². The van der Waals surface area contributed by atoms with E-state index in [1.54, 1.807) is 24.3 Å². The van der Waals surface area contributed by atoms with Gasteiger partial charge in [-0.05, 0) is 35.9 Å². The Morgan fingerprint density at radius 1 is 1.05 bits per heavy atom. The molecule has 93 valence electrons. The van der Waals surface area contributed by atoms with E-state index < -0.39 is 0 Å². The zero-order valence-electron chi connectivity index (χ0n) is 9.81. The lowest BCUT2D eigenvalue weighted by Crippen LogP contribution is -2.08. The van der Waals surface area contributed by atoms with Crippen LogP contribution in [0.2, 0.25) is 0 Å². The van der Waals surface area contributed by atoms with Gasteiger partial charge in [-0.3, -0.25) is 9.59 Å². The minimum atomic E-state index is -0.189. The Bertz CT molecular complexity index is 677. The normalized spacial score (nSPS) is 13.0. The van der Waals surface area contributed by atoms with E-state index in [4.69, 9.17) is 0 Å². The van der Waals surface area contributed by atoms with Gasteiger partial charge in [-0.1, -0.05) is 28.1 Å². The zero-order valence-corrected chi connectivity index (χ0v) is 11.4.